The zero-order valence-corrected chi connectivity index (χ0v) is 8.82. The van der Waals surface area contributed by atoms with E-state index in [1.165, 1.54) is 0 Å². The highest BCUT2D eigenvalue weighted by Crippen LogP contribution is 2.18. The van der Waals surface area contributed by atoms with Crippen LogP contribution in [0.2, 0.25) is 5.02 Å². The quantitative estimate of drug-likeness (QED) is 0.605. The van der Waals surface area contributed by atoms with E-state index < -0.39 is 11.6 Å². The minimum absolute atomic E-state index is 0.0739. The minimum atomic E-state index is -0.628. The van der Waals surface area contributed by atoms with Crippen LogP contribution in [0.15, 0.2) is 12.1 Å². The van der Waals surface area contributed by atoms with Gasteiger partial charge in [0.2, 0.25) is 0 Å². The fourth-order valence-corrected chi connectivity index (χ4v) is 1.28. The molecular weight excluding hydrogens is 224 g/mol. The molecule has 15 heavy (non-hydrogen) atoms. The maximum absolute atomic E-state index is 13.2. The molecule has 0 radical (unpaired) electrons. The maximum atomic E-state index is 13.2. The summed E-state index contributed by atoms with van der Waals surface area (Å²) in [6.45, 7) is 0.852. The normalized spacial score (nSPS) is 10.7. The largest absolute Gasteiger partial charge is 0.396 e. The van der Waals surface area contributed by atoms with Crippen LogP contribution in [0.4, 0.5) is 8.78 Å². The molecule has 2 nitrogen and oxygen atoms in total. The van der Waals surface area contributed by atoms with Crippen molar-refractivity contribution in [2.45, 2.75) is 13.0 Å². The summed E-state index contributed by atoms with van der Waals surface area (Å²) in [5.41, 5.74) is 0.231. The van der Waals surface area contributed by atoms with Crippen LogP contribution in [0.5, 0.6) is 0 Å². The molecule has 0 aliphatic rings. The average Bonchev–Trinajstić information content (AvgIpc) is 2.20. The van der Waals surface area contributed by atoms with E-state index in [-0.39, 0.29) is 23.7 Å². The second-order valence-electron chi connectivity index (χ2n) is 3.11. The Morgan fingerprint density at radius 3 is 2.67 bits per heavy atom. The van der Waals surface area contributed by atoms with Crippen LogP contribution in [0.3, 0.4) is 0 Å². The lowest BCUT2D eigenvalue weighted by atomic mass is 10.2. The third-order valence-corrected chi connectivity index (χ3v) is 2.21. The number of halogens is 3. The van der Waals surface area contributed by atoms with Crippen molar-refractivity contribution in [1.29, 1.82) is 0 Å². The molecule has 1 rings (SSSR count). The molecule has 0 bridgehead atoms. The molecule has 1 aromatic carbocycles. The molecule has 0 aliphatic heterocycles. The monoisotopic (exact) mass is 235 g/mol. The Balaban J connectivity index is 2.57. The smallest absolute Gasteiger partial charge is 0.142 e. The molecule has 0 aromatic heterocycles. The Bertz CT molecular complexity index is 333. The zero-order valence-electron chi connectivity index (χ0n) is 8.06. The molecule has 2 N–H and O–H groups in total. The summed E-state index contributed by atoms with van der Waals surface area (Å²) in [5.74, 6) is -1.16. The molecule has 0 fully saturated rings. The van der Waals surface area contributed by atoms with Crippen molar-refractivity contribution in [3.05, 3.63) is 34.4 Å². The lowest BCUT2D eigenvalue weighted by Gasteiger charge is -2.06. The van der Waals surface area contributed by atoms with Gasteiger partial charge in [-0.15, -0.1) is 0 Å². The van der Waals surface area contributed by atoms with E-state index in [0.717, 1.165) is 12.1 Å². The first-order valence-electron chi connectivity index (χ1n) is 4.60. The fraction of sp³-hybridized carbons (Fsp3) is 0.400. The highest BCUT2D eigenvalue weighted by molar-refractivity contribution is 6.30. The average molecular weight is 236 g/mol. The van der Waals surface area contributed by atoms with E-state index in [0.29, 0.717) is 13.0 Å². The van der Waals surface area contributed by atoms with Gasteiger partial charge >= 0.3 is 0 Å². The summed E-state index contributed by atoms with van der Waals surface area (Å²) < 4.78 is 26.2. The molecule has 0 spiro atoms. The lowest BCUT2D eigenvalue weighted by molar-refractivity contribution is 0.286. The zero-order chi connectivity index (χ0) is 11.3. The van der Waals surface area contributed by atoms with Gasteiger partial charge in [0.1, 0.15) is 11.6 Å². The van der Waals surface area contributed by atoms with Gasteiger partial charge in [0.25, 0.3) is 0 Å². The standard InChI is InChI=1S/C10H12ClF2NO/c11-8-5-9(12)7(4-10(8)13)6-14-2-1-3-15/h4-5,14-15H,1-3,6H2. The predicted molar refractivity (Wildman–Crippen MR) is 54.8 cm³/mol. The summed E-state index contributed by atoms with van der Waals surface area (Å²) in [6.07, 6.45) is 0.581. The van der Waals surface area contributed by atoms with Crippen LogP contribution in [0.1, 0.15) is 12.0 Å². The lowest BCUT2D eigenvalue weighted by Crippen LogP contribution is -2.16. The van der Waals surface area contributed by atoms with Gasteiger partial charge in [-0.1, -0.05) is 11.6 Å². The SMILES string of the molecule is OCCCNCc1cc(F)c(Cl)cc1F. The number of nitrogens with one attached hydrogen (secondary N) is 1. The Labute approximate surface area is 91.9 Å². The maximum Gasteiger partial charge on any atom is 0.142 e. The number of hydrogen-bond acceptors (Lipinski definition) is 2. The van der Waals surface area contributed by atoms with Crippen LogP contribution in [-0.2, 0) is 6.54 Å². The molecule has 0 heterocycles. The van der Waals surface area contributed by atoms with Crippen molar-refractivity contribution in [2.75, 3.05) is 13.2 Å². The number of aliphatic hydroxyl groups is 1. The van der Waals surface area contributed by atoms with Gasteiger partial charge in [0.05, 0.1) is 5.02 Å². The van der Waals surface area contributed by atoms with E-state index >= 15 is 0 Å². The summed E-state index contributed by atoms with van der Waals surface area (Å²) in [7, 11) is 0. The summed E-state index contributed by atoms with van der Waals surface area (Å²) in [6, 6.07) is 2.03. The second kappa shape index (κ2) is 6.00. The van der Waals surface area contributed by atoms with Gasteiger partial charge in [0, 0.05) is 18.7 Å². The topological polar surface area (TPSA) is 32.3 Å². The highest BCUT2D eigenvalue weighted by atomic mass is 35.5. The fourth-order valence-electron chi connectivity index (χ4n) is 1.13. The molecule has 84 valence electrons. The first-order valence-corrected chi connectivity index (χ1v) is 4.98. The Kier molecular flexibility index (Phi) is 4.94. The van der Waals surface area contributed by atoms with Gasteiger partial charge in [-0.25, -0.2) is 8.78 Å². The van der Waals surface area contributed by atoms with Crippen molar-refractivity contribution in [3.63, 3.8) is 0 Å². The molecule has 0 atom stereocenters. The first-order chi connectivity index (χ1) is 7.15. The number of hydrogen-bond donors (Lipinski definition) is 2. The van der Waals surface area contributed by atoms with E-state index in [9.17, 15) is 8.78 Å². The van der Waals surface area contributed by atoms with Gasteiger partial charge in [-0.2, -0.15) is 0 Å². The molecule has 0 amide bonds. The van der Waals surface area contributed by atoms with E-state index in [4.69, 9.17) is 16.7 Å². The Morgan fingerprint density at radius 1 is 1.27 bits per heavy atom. The Morgan fingerprint density at radius 2 is 2.00 bits per heavy atom. The molecular formula is C10H12ClF2NO. The van der Waals surface area contributed by atoms with Crippen molar-refractivity contribution < 1.29 is 13.9 Å². The van der Waals surface area contributed by atoms with Crippen molar-refractivity contribution in [1.82, 2.24) is 5.32 Å². The van der Waals surface area contributed by atoms with Crippen molar-refractivity contribution >= 4 is 11.6 Å². The third kappa shape index (κ3) is 3.74. The van der Waals surface area contributed by atoms with Gasteiger partial charge < -0.3 is 10.4 Å². The molecule has 1 aromatic rings. The first kappa shape index (κ1) is 12.4. The van der Waals surface area contributed by atoms with Crippen LogP contribution in [0.25, 0.3) is 0 Å². The molecule has 5 heteroatoms. The van der Waals surface area contributed by atoms with Gasteiger partial charge in [-0.3, -0.25) is 0 Å². The predicted octanol–water partition coefficient (Wildman–Crippen LogP) is 2.09. The molecule has 0 aliphatic carbocycles. The van der Waals surface area contributed by atoms with Crippen LogP contribution in [-0.4, -0.2) is 18.3 Å². The van der Waals surface area contributed by atoms with E-state index in [1.807, 2.05) is 0 Å². The molecule has 0 saturated carbocycles. The minimum Gasteiger partial charge on any atom is -0.396 e. The molecule has 0 saturated heterocycles. The summed E-state index contributed by atoms with van der Waals surface area (Å²) in [4.78, 5) is 0. The van der Waals surface area contributed by atoms with Crippen molar-refractivity contribution in [3.8, 4) is 0 Å². The van der Waals surface area contributed by atoms with Crippen molar-refractivity contribution in [2.24, 2.45) is 0 Å². The van der Waals surface area contributed by atoms with Crippen LogP contribution >= 0.6 is 11.6 Å². The van der Waals surface area contributed by atoms with Gasteiger partial charge in [-0.05, 0) is 25.1 Å². The van der Waals surface area contributed by atoms with Crippen LogP contribution in [0, 0.1) is 11.6 Å². The third-order valence-electron chi connectivity index (χ3n) is 1.92. The summed E-state index contributed by atoms with van der Waals surface area (Å²) in [5, 5.41) is 11.2. The Hall–Kier alpha value is -0.710. The highest BCUT2D eigenvalue weighted by Gasteiger charge is 2.07. The van der Waals surface area contributed by atoms with E-state index in [2.05, 4.69) is 5.32 Å². The number of benzene rings is 1. The summed E-state index contributed by atoms with van der Waals surface area (Å²) >= 11 is 5.40. The van der Waals surface area contributed by atoms with E-state index in [1.54, 1.807) is 0 Å². The van der Waals surface area contributed by atoms with Crippen LogP contribution < -0.4 is 5.32 Å². The molecule has 0 unspecified atom stereocenters. The van der Waals surface area contributed by atoms with Gasteiger partial charge in [0.15, 0.2) is 0 Å². The number of rotatable bonds is 5. The second-order valence-corrected chi connectivity index (χ2v) is 3.52. The number of aliphatic hydroxyl groups excluding tert-OH is 1.